The van der Waals surface area contributed by atoms with E-state index >= 15 is 0 Å². The third kappa shape index (κ3) is 4.57. The Morgan fingerprint density at radius 1 is 1.40 bits per heavy atom. The van der Waals surface area contributed by atoms with E-state index in [1.165, 1.54) is 12.1 Å². The number of likely N-dealkylation sites (tertiary alicyclic amines) is 1. The number of nitrogens with zero attached hydrogens (tertiary/aromatic N) is 2. The number of carbonyl (C=O) groups is 1. The number of thiazole rings is 1. The number of hydrogen-bond donors (Lipinski definition) is 0. The lowest BCUT2D eigenvalue weighted by atomic mass is 9.98. The smallest absolute Gasteiger partial charge is 0.273 e. The molecule has 1 aliphatic rings. The summed E-state index contributed by atoms with van der Waals surface area (Å²) in [5, 5.41) is 2.85. The van der Waals surface area contributed by atoms with Gasteiger partial charge in [0.15, 0.2) is 0 Å². The zero-order valence-corrected chi connectivity index (χ0v) is 15.4. The minimum absolute atomic E-state index is 0.00892. The molecule has 0 N–H and O–H groups in total. The van der Waals surface area contributed by atoms with Crippen LogP contribution in [-0.2, 0) is 0 Å². The molecule has 1 atom stereocenters. The zero-order chi connectivity index (χ0) is 17.8. The molecule has 0 radical (unpaired) electrons. The van der Waals surface area contributed by atoms with Crippen LogP contribution in [0.3, 0.4) is 0 Å². The molecule has 1 aromatic carbocycles. The highest BCUT2D eigenvalue weighted by molar-refractivity contribution is 7.09. The van der Waals surface area contributed by atoms with Crippen molar-refractivity contribution in [2.45, 2.75) is 32.6 Å². The van der Waals surface area contributed by atoms with Crippen LogP contribution in [0.1, 0.15) is 48.1 Å². The number of ether oxygens (including phenoxy) is 1. The normalized spacial score (nSPS) is 17.8. The molecule has 0 unspecified atom stereocenters. The van der Waals surface area contributed by atoms with Crippen molar-refractivity contribution in [1.29, 1.82) is 0 Å². The van der Waals surface area contributed by atoms with Gasteiger partial charge in [-0.1, -0.05) is 13.8 Å². The fraction of sp³-hybridized carbons (Fsp3) is 0.474. The molecule has 6 heteroatoms. The Morgan fingerprint density at radius 2 is 2.16 bits per heavy atom. The molecule has 2 heterocycles. The average Bonchev–Trinajstić information content (AvgIpc) is 3.11. The summed E-state index contributed by atoms with van der Waals surface area (Å²) in [6, 6.07) is 6.04. The molecule has 0 spiro atoms. The van der Waals surface area contributed by atoms with Gasteiger partial charge in [-0.2, -0.15) is 0 Å². The van der Waals surface area contributed by atoms with E-state index in [2.05, 4.69) is 18.8 Å². The monoisotopic (exact) mass is 362 g/mol. The van der Waals surface area contributed by atoms with Gasteiger partial charge in [-0.25, -0.2) is 9.37 Å². The first kappa shape index (κ1) is 17.9. The Morgan fingerprint density at radius 3 is 2.84 bits per heavy atom. The lowest BCUT2D eigenvalue weighted by Crippen LogP contribution is -2.41. The Bertz CT molecular complexity index is 714. The first-order valence-corrected chi connectivity index (χ1v) is 9.54. The molecule has 2 aromatic rings. The van der Waals surface area contributed by atoms with Crippen molar-refractivity contribution in [1.82, 2.24) is 9.88 Å². The van der Waals surface area contributed by atoms with Gasteiger partial charge in [-0.05, 0) is 37.1 Å². The fourth-order valence-corrected chi connectivity index (χ4v) is 3.75. The molecule has 25 heavy (non-hydrogen) atoms. The quantitative estimate of drug-likeness (QED) is 0.795. The summed E-state index contributed by atoms with van der Waals surface area (Å²) in [5.41, 5.74) is 0.550. The van der Waals surface area contributed by atoms with Gasteiger partial charge in [0.05, 0.1) is 11.6 Å². The second-order valence-corrected chi connectivity index (χ2v) is 7.64. The average molecular weight is 362 g/mol. The maximum atomic E-state index is 12.9. The number of amides is 1. The molecular formula is C19H23FN2O2S. The van der Waals surface area contributed by atoms with Gasteiger partial charge in [0.2, 0.25) is 0 Å². The van der Waals surface area contributed by atoms with E-state index in [4.69, 9.17) is 4.74 Å². The highest BCUT2D eigenvalue weighted by atomic mass is 32.1. The maximum Gasteiger partial charge on any atom is 0.273 e. The molecule has 1 aromatic heterocycles. The highest BCUT2D eigenvalue weighted by Gasteiger charge is 2.26. The topological polar surface area (TPSA) is 42.4 Å². The summed E-state index contributed by atoms with van der Waals surface area (Å²) in [6.07, 6.45) is 1.99. The van der Waals surface area contributed by atoms with Crippen LogP contribution in [-0.4, -0.2) is 35.5 Å². The van der Waals surface area contributed by atoms with E-state index in [9.17, 15) is 9.18 Å². The zero-order valence-electron chi connectivity index (χ0n) is 14.6. The summed E-state index contributed by atoms with van der Waals surface area (Å²) in [7, 11) is 0. The lowest BCUT2D eigenvalue weighted by molar-refractivity contribution is 0.0628. The Hall–Kier alpha value is -1.95. The number of aromatic nitrogens is 1. The van der Waals surface area contributed by atoms with Gasteiger partial charge in [0, 0.05) is 30.3 Å². The van der Waals surface area contributed by atoms with E-state index in [-0.39, 0.29) is 17.6 Å². The summed E-state index contributed by atoms with van der Waals surface area (Å²) in [5.74, 6) is 1.02. The van der Waals surface area contributed by atoms with E-state index in [0.717, 1.165) is 24.4 Å². The SMILES string of the molecule is CC(C)c1nc(C(=O)N2CCC[C@H](COc3ccc(F)cc3)C2)cs1. The van der Waals surface area contributed by atoms with Crippen molar-refractivity contribution >= 4 is 17.2 Å². The van der Waals surface area contributed by atoms with Crippen LogP contribution in [0.15, 0.2) is 29.6 Å². The van der Waals surface area contributed by atoms with Crippen molar-refractivity contribution in [3.63, 3.8) is 0 Å². The highest BCUT2D eigenvalue weighted by Crippen LogP contribution is 2.23. The van der Waals surface area contributed by atoms with Crippen molar-refractivity contribution in [2.75, 3.05) is 19.7 Å². The summed E-state index contributed by atoms with van der Waals surface area (Å²) >= 11 is 1.55. The van der Waals surface area contributed by atoms with Crippen LogP contribution in [0.5, 0.6) is 5.75 Å². The largest absolute Gasteiger partial charge is 0.493 e. The molecule has 0 aliphatic carbocycles. The van der Waals surface area contributed by atoms with E-state index in [0.29, 0.717) is 30.5 Å². The van der Waals surface area contributed by atoms with Gasteiger partial charge in [-0.3, -0.25) is 4.79 Å². The van der Waals surface area contributed by atoms with Crippen molar-refractivity contribution in [3.05, 3.63) is 46.2 Å². The molecular weight excluding hydrogens is 339 g/mol. The molecule has 0 saturated carbocycles. The standard InChI is InChI=1S/C19H23FN2O2S/c1-13(2)18-21-17(12-25-18)19(23)22-9-3-4-14(10-22)11-24-16-7-5-15(20)6-8-16/h5-8,12-14H,3-4,9-11H2,1-2H3/t14-/m0/s1. The predicted molar refractivity (Wildman–Crippen MR) is 96.7 cm³/mol. The maximum absolute atomic E-state index is 12.9. The van der Waals surface area contributed by atoms with Crippen LogP contribution in [0.2, 0.25) is 0 Å². The molecule has 1 fully saturated rings. The van der Waals surface area contributed by atoms with Gasteiger partial charge in [-0.15, -0.1) is 11.3 Å². The molecule has 4 nitrogen and oxygen atoms in total. The van der Waals surface area contributed by atoms with Crippen LogP contribution in [0.25, 0.3) is 0 Å². The van der Waals surface area contributed by atoms with Crippen molar-refractivity contribution in [2.24, 2.45) is 5.92 Å². The third-order valence-corrected chi connectivity index (χ3v) is 5.49. The van der Waals surface area contributed by atoms with Crippen LogP contribution < -0.4 is 4.74 Å². The molecule has 0 bridgehead atoms. The summed E-state index contributed by atoms with van der Waals surface area (Å²) in [4.78, 5) is 19.0. The van der Waals surface area contributed by atoms with Gasteiger partial charge in [0.1, 0.15) is 17.3 Å². The number of carbonyl (C=O) groups excluding carboxylic acids is 1. The lowest BCUT2D eigenvalue weighted by Gasteiger charge is -2.32. The Balaban J connectivity index is 1.56. The number of rotatable bonds is 5. The fourth-order valence-electron chi connectivity index (χ4n) is 2.94. The van der Waals surface area contributed by atoms with E-state index < -0.39 is 0 Å². The number of piperidine rings is 1. The summed E-state index contributed by atoms with van der Waals surface area (Å²) in [6.45, 7) is 6.13. The minimum atomic E-state index is -0.272. The summed E-state index contributed by atoms with van der Waals surface area (Å²) < 4.78 is 18.7. The van der Waals surface area contributed by atoms with Crippen LogP contribution in [0, 0.1) is 11.7 Å². The minimum Gasteiger partial charge on any atom is -0.493 e. The Labute approximate surface area is 151 Å². The second-order valence-electron chi connectivity index (χ2n) is 6.75. The molecule has 134 valence electrons. The van der Waals surface area contributed by atoms with Crippen LogP contribution in [0.4, 0.5) is 4.39 Å². The van der Waals surface area contributed by atoms with Gasteiger partial charge in [0.25, 0.3) is 5.91 Å². The molecule has 1 aliphatic heterocycles. The molecule has 3 rings (SSSR count). The van der Waals surface area contributed by atoms with Crippen molar-refractivity contribution in [3.8, 4) is 5.75 Å². The first-order chi connectivity index (χ1) is 12.0. The van der Waals surface area contributed by atoms with Gasteiger partial charge >= 0.3 is 0 Å². The predicted octanol–water partition coefficient (Wildman–Crippen LogP) is 4.34. The first-order valence-electron chi connectivity index (χ1n) is 8.66. The van der Waals surface area contributed by atoms with Crippen LogP contribution >= 0.6 is 11.3 Å². The third-order valence-electron chi connectivity index (χ3n) is 4.34. The second kappa shape index (κ2) is 7.95. The van der Waals surface area contributed by atoms with Crippen molar-refractivity contribution < 1.29 is 13.9 Å². The van der Waals surface area contributed by atoms with E-state index in [1.807, 2.05) is 10.3 Å². The Kier molecular flexibility index (Phi) is 5.68. The number of halogens is 1. The molecule has 1 amide bonds. The molecule has 1 saturated heterocycles. The van der Waals surface area contributed by atoms with Gasteiger partial charge < -0.3 is 9.64 Å². The number of hydrogen-bond acceptors (Lipinski definition) is 4. The number of benzene rings is 1. The van der Waals surface area contributed by atoms with E-state index in [1.54, 1.807) is 23.5 Å².